The zero-order valence-corrected chi connectivity index (χ0v) is 7.51. The molecule has 4 nitrogen and oxygen atoms in total. The van der Waals surface area contributed by atoms with Gasteiger partial charge >= 0.3 is 5.97 Å². The number of hydrogen-bond donors (Lipinski definition) is 0. The molecule has 74 valence electrons. The second kappa shape index (κ2) is 4.11. The Labute approximate surface area is 81.1 Å². The van der Waals surface area contributed by atoms with Gasteiger partial charge in [0, 0.05) is 6.08 Å². The van der Waals surface area contributed by atoms with Gasteiger partial charge in [0.2, 0.25) is 0 Å². The van der Waals surface area contributed by atoms with Crippen LogP contribution in [0.3, 0.4) is 0 Å². The highest BCUT2D eigenvalue weighted by molar-refractivity contribution is 5.86. The molecule has 1 aliphatic heterocycles. The molecule has 1 aliphatic rings. The Hall–Kier alpha value is -1.55. The van der Waals surface area contributed by atoms with Crippen molar-refractivity contribution in [3.05, 3.63) is 30.2 Å². The molecule has 2 rings (SSSR count). The van der Waals surface area contributed by atoms with Gasteiger partial charge in [-0.3, -0.25) is 0 Å². The first kappa shape index (κ1) is 9.02. The molecule has 1 aromatic heterocycles. The number of rotatable bonds is 4. The molecule has 1 unspecified atom stereocenters. The third-order valence-corrected chi connectivity index (χ3v) is 1.74. The minimum absolute atomic E-state index is 0.107. The van der Waals surface area contributed by atoms with Crippen molar-refractivity contribution in [2.75, 3.05) is 13.2 Å². The largest absolute Gasteiger partial charge is 0.465 e. The first-order valence-corrected chi connectivity index (χ1v) is 4.34. The maximum atomic E-state index is 11.1. The lowest BCUT2D eigenvalue weighted by Gasteiger charge is -1.96. The molecule has 0 bridgehead atoms. The average Bonchev–Trinajstić information content (AvgIpc) is 2.87. The summed E-state index contributed by atoms with van der Waals surface area (Å²) < 4.78 is 14.8. The molecule has 1 saturated heterocycles. The van der Waals surface area contributed by atoms with Gasteiger partial charge in [0.25, 0.3) is 0 Å². The number of hydrogen-bond acceptors (Lipinski definition) is 4. The quantitative estimate of drug-likeness (QED) is 0.411. The summed E-state index contributed by atoms with van der Waals surface area (Å²) in [6.07, 6.45) is 4.55. The third-order valence-electron chi connectivity index (χ3n) is 1.74. The zero-order chi connectivity index (χ0) is 9.80. The molecule has 14 heavy (non-hydrogen) atoms. The van der Waals surface area contributed by atoms with E-state index in [-0.39, 0.29) is 12.1 Å². The van der Waals surface area contributed by atoms with Crippen molar-refractivity contribution in [1.29, 1.82) is 0 Å². The van der Waals surface area contributed by atoms with Gasteiger partial charge in [-0.2, -0.15) is 0 Å². The summed E-state index contributed by atoms with van der Waals surface area (Å²) in [5, 5.41) is 0. The Morgan fingerprint density at radius 3 is 3.21 bits per heavy atom. The average molecular weight is 194 g/mol. The highest BCUT2D eigenvalue weighted by atomic mass is 16.6. The van der Waals surface area contributed by atoms with Crippen LogP contribution in [0.1, 0.15) is 5.76 Å². The fraction of sp³-hybridized carbons (Fsp3) is 0.300. The molecule has 0 spiro atoms. The van der Waals surface area contributed by atoms with Gasteiger partial charge < -0.3 is 13.9 Å². The Morgan fingerprint density at radius 2 is 2.57 bits per heavy atom. The summed E-state index contributed by atoms with van der Waals surface area (Å²) in [7, 11) is 0. The molecule has 1 fully saturated rings. The van der Waals surface area contributed by atoms with E-state index in [1.54, 1.807) is 24.5 Å². The number of ether oxygens (including phenoxy) is 2. The van der Waals surface area contributed by atoms with E-state index in [0.29, 0.717) is 19.0 Å². The molecule has 0 aromatic carbocycles. The van der Waals surface area contributed by atoms with Crippen molar-refractivity contribution in [1.82, 2.24) is 0 Å². The summed E-state index contributed by atoms with van der Waals surface area (Å²) in [4.78, 5) is 11.1. The van der Waals surface area contributed by atoms with Crippen LogP contribution in [0.15, 0.2) is 28.9 Å². The second-order valence-electron chi connectivity index (χ2n) is 2.93. The van der Waals surface area contributed by atoms with E-state index in [2.05, 4.69) is 0 Å². The van der Waals surface area contributed by atoms with E-state index >= 15 is 0 Å². The molecule has 0 aliphatic carbocycles. The lowest BCUT2D eigenvalue weighted by Crippen LogP contribution is -2.06. The molecular formula is C10H10O4. The first-order valence-electron chi connectivity index (χ1n) is 4.34. The maximum absolute atomic E-state index is 11.1. The Balaban J connectivity index is 1.75. The lowest BCUT2D eigenvalue weighted by atomic mass is 10.4. The highest BCUT2D eigenvalue weighted by Gasteiger charge is 2.23. The smallest absolute Gasteiger partial charge is 0.330 e. The fourth-order valence-electron chi connectivity index (χ4n) is 0.924. The molecule has 0 radical (unpaired) electrons. The van der Waals surface area contributed by atoms with Crippen LogP contribution in [0, 0.1) is 0 Å². The molecular weight excluding hydrogens is 184 g/mol. The monoisotopic (exact) mass is 194 g/mol. The molecule has 0 N–H and O–H groups in total. The van der Waals surface area contributed by atoms with Gasteiger partial charge in [-0.1, -0.05) is 0 Å². The molecule has 4 heteroatoms. The van der Waals surface area contributed by atoms with E-state index in [4.69, 9.17) is 13.9 Å². The molecule has 0 saturated carbocycles. The maximum Gasteiger partial charge on any atom is 0.330 e. The predicted molar refractivity (Wildman–Crippen MR) is 48.4 cm³/mol. The Bertz CT molecular complexity index is 322. The van der Waals surface area contributed by atoms with Crippen LogP contribution < -0.4 is 0 Å². The number of epoxide rings is 1. The van der Waals surface area contributed by atoms with Crippen molar-refractivity contribution in [3.8, 4) is 0 Å². The summed E-state index contributed by atoms with van der Waals surface area (Å²) in [6, 6.07) is 3.51. The van der Waals surface area contributed by atoms with E-state index in [9.17, 15) is 4.79 Å². The van der Waals surface area contributed by atoms with Gasteiger partial charge in [-0.25, -0.2) is 4.79 Å². The predicted octanol–water partition coefficient (Wildman–Crippen LogP) is 1.23. The normalized spacial score (nSPS) is 19.9. The van der Waals surface area contributed by atoms with Gasteiger partial charge in [-0.15, -0.1) is 0 Å². The summed E-state index contributed by atoms with van der Waals surface area (Å²) in [6.45, 7) is 1.02. The van der Waals surface area contributed by atoms with Gasteiger partial charge in [-0.05, 0) is 18.2 Å². The SMILES string of the molecule is O=C(/C=C/c1ccco1)OCC1CO1. The van der Waals surface area contributed by atoms with Crippen LogP contribution in [0.25, 0.3) is 6.08 Å². The van der Waals surface area contributed by atoms with Crippen molar-refractivity contribution < 1.29 is 18.7 Å². The van der Waals surface area contributed by atoms with Crippen LogP contribution in [0.5, 0.6) is 0 Å². The molecule has 1 atom stereocenters. The number of esters is 1. The molecule has 2 heterocycles. The second-order valence-corrected chi connectivity index (χ2v) is 2.93. The van der Waals surface area contributed by atoms with Crippen molar-refractivity contribution in [2.24, 2.45) is 0 Å². The van der Waals surface area contributed by atoms with Gasteiger partial charge in [0.05, 0.1) is 12.9 Å². The zero-order valence-electron chi connectivity index (χ0n) is 7.51. The third kappa shape index (κ3) is 2.74. The standard InChI is InChI=1S/C10H10O4/c11-10(14-7-9-6-13-9)4-3-8-2-1-5-12-8/h1-5,9H,6-7H2/b4-3+. The minimum Gasteiger partial charge on any atom is -0.465 e. The van der Waals surface area contributed by atoms with Crippen molar-refractivity contribution in [3.63, 3.8) is 0 Å². The highest BCUT2D eigenvalue weighted by Crippen LogP contribution is 2.09. The summed E-state index contributed by atoms with van der Waals surface area (Å²) >= 11 is 0. The molecule has 1 aromatic rings. The van der Waals surface area contributed by atoms with E-state index in [1.807, 2.05) is 0 Å². The van der Waals surface area contributed by atoms with Crippen LogP contribution in [0.4, 0.5) is 0 Å². The van der Waals surface area contributed by atoms with E-state index < -0.39 is 0 Å². The fourth-order valence-corrected chi connectivity index (χ4v) is 0.924. The molecule has 0 amide bonds. The van der Waals surface area contributed by atoms with Crippen LogP contribution in [0.2, 0.25) is 0 Å². The Morgan fingerprint density at radius 1 is 1.71 bits per heavy atom. The number of furan rings is 1. The van der Waals surface area contributed by atoms with E-state index in [0.717, 1.165) is 0 Å². The van der Waals surface area contributed by atoms with Crippen molar-refractivity contribution in [2.45, 2.75) is 6.10 Å². The van der Waals surface area contributed by atoms with Crippen LogP contribution >= 0.6 is 0 Å². The first-order chi connectivity index (χ1) is 6.84. The van der Waals surface area contributed by atoms with Crippen LogP contribution in [-0.2, 0) is 14.3 Å². The minimum atomic E-state index is -0.378. The van der Waals surface area contributed by atoms with Crippen molar-refractivity contribution >= 4 is 12.0 Å². The number of carbonyl (C=O) groups excluding carboxylic acids is 1. The van der Waals surface area contributed by atoms with Gasteiger partial charge in [0.15, 0.2) is 0 Å². The summed E-state index contributed by atoms with van der Waals surface area (Å²) in [5.41, 5.74) is 0. The lowest BCUT2D eigenvalue weighted by molar-refractivity contribution is -0.138. The topological polar surface area (TPSA) is 52.0 Å². The van der Waals surface area contributed by atoms with E-state index in [1.165, 1.54) is 6.08 Å². The summed E-state index contributed by atoms with van der Waals surface area (Å²) in [5.74, 6) is 0.251. The van der Waals surface area contributed by atoms with Gasteiger partial charge in [0.1, 0.15) is 18.5 Å². The Kier molecular flexibility index (Phi) is 2.65. The number of carbonyl (C=O) groups is 1. The van der Waals surface area contributed by atoms with Crippen LogP contribution in [-0.4, -0.2) is 25.3 Å².